The summed E-state index contributed by atoms with van der Waals surface area (Å²) in [5, 5.41) is 3.54. The van der Waals surface area contributed by atoms with Crippen LogP contribution in [0.2, 0.25) is 10.0 Å². The van der Waals surface area contributed by atoms with Gasteiger partial charge in [-0.2, -0.15) is 0 Å². The summed E-state index contributed by atoms with van der Waals surface area (Å²) >= 11 is 11.8. The predicted molar refractivity (Wildman–Crippen MR) is 115 cm³/mol. The number of hydrogen-bond donors (Lipinski definition) is 2. The highest BCUT2D eigenvalue weighted by Gasteiger charge is 2.29. The number of methoxy groups -OCH3 is 1. The highest BCUT2D eigenvalue weighted by molar-refractivity contribution is 6.42. The number of nitrogens with one attached hydrogen (secondary N) is 1. The van der Waals surface area contributed by atoms with Crippen LogP contribution in [0, 0.1) is 5.82 Å². The number of ether oxygens (including phenoxy) is 2. The first-order valence-corrected chi connectivity index (χ1v) is 9.37. The Kier molecular flexibility index (Phi) is 6.53. The molecule has 0 atom stereocenters. The third-order valence-corrected chi connectivity index (χ3v) is 5.41. The highest BCUT2D eigenvalue weighted by Crippen LogP contribution is 2.39. The lowest BCUT2D eigenvalue weighted by Gasteiger charge is -2.33. The van der Waals surface area contributed by atoms with E-state index in [9.17, 15) is 4.39 Å². The van der Waals surface area contributed by atoms with Gasteiger partial charge in [-0.1, -0.05) is 23.2 Å². The molecule has 0 bridgehead atoms. The molecule has 0 saturated heterocycles. The molecular formula is C19H18Cl3FN4O2. The van der Waals surface area contributed by atoms with Crippen molar-refractivity contribution < 1.29 is 13.9 Å². The fraction of sp³-hybridized carbons (Fsp3) is 0.263. The Morgan fingerprint density at radius 1 is 1.21 bits per heavy atom. The number of benzene rings is 2. The monoisotopic (exact) mass is 458 g/mol. The van der Waals surface area contributed by atoms with Gasteiger partial charge in [-0.3, -0.25) is 0 Å². The van der Waals surface area contributed by atoms with Crippen LogP contribution in [0.3, 0.4) is 0 Å². The number of rotatable bonds is 5. The molecule has 1 saturated carbocycles. The summed E-state index contributed by atoms with van der Waals surface area (Å²) in [4.78, 5) is 8.56. The van der Waals surface area contributed by atoms with Gasteiger partial charge in [0.05, 0.1) is 33.7 Å². The van der Waals surface area contributed by atoms with Gasteiger partial charge in [-0.05, 0) is 25.0 Å². The molecule has 1 heterocycles. The zero-order valence-electron chi connectivity index (χ0n) is 15.3. The molecule has 4 rings (SSSR count). The van der Waals surface area contributed by atoms with Crippen LogP contribution < -0.4 is 20.5 Å². The molecule has 0 aliphatic heterocycles. The minimum absolute atomic E-state index is 0. The van der Waals surface area contributed by atoms with Crippen LogP contribution in [-0.2, 0) is 0 Å². The molecule has 0 unspecified atom stereocenters. The lowest BCUT2D eigenvalue weighted by atomic mass is 9.90. The summed E-state index contributed by atoms with van der Waals surface area (Å²) in [6, 6.07) is 6.65. The Bertz CT molecular complexity index is 1050. The molecule has 1 aliphatic rings. The number of hydrogen-bond acceptors (Lipinski definition) is 6. The third-order valence-electron chi connectivity index (χ3n) is 4.62. The Labute approximate surface area is 182 Å². The molecule has 0 radical (unpaired) electrons. The fourth-order valence-electron chi connectivity index (χ4n) is 3.07. The Morgan fingerprint density at radius 3 is 2.66 bits per heavy atom. The summed E-state index contributed by atoms with van der Waals surface area (Å²) in [6.45, 7) is 0. The SMILES string of the molecule is COc1cc(OC2CC(N)C2)c2c(Nc3ccc(Cl)c(Cl)c3F)ncnc2c1.Cl. The molecule has 10 heteroatoms. The van der Waals surface area contributed by atoms with Gasteiger partial charge in [0, 0.05) is 18.2 Å². The van der Waals surface area contributed by atoms with Gasteiger partial charge in [0.2, 0.25) is 0 Å². The molecule has 0 spiro atoms. The average Bonchev–Trinajstić information content (AvgIpc) is 2.67. The fourth-order valence-corrected chi connectivity index (χ4v) is 3.38. The molecule has 6 nitrogen and oxygen atoms in total. The number of nitrogens with two attached hydrogens (primary N) is 1. The molecule has 3 aromatic rings. The maximum Gasteiger partial charge on any atom is 0.166 e. The van der Waals surface area contributed by atoms with Gasteiger partial charge in [0.25, 0.3) is 0 Å². The first-order valence-electron chi connectivity index (χ1n) is 8.61. The van der Waals surface area contributed by atoms with Crippen molar-refractivity contribution in [3.05, 3.63) is 46.5 Å². The van der Waals surface area contributed by atoms with Crippen molar-refractivity contribution in [2.24, 2.45) is 5.73 Å². The van der Waals surface area contributed by atoms with Crippen LogP contribution in [0.4, 0.5) is 15.9 Å². The summed E-state index contributed by atoms with van der Waals surface area (Å²) < 4.78 is 25.9. The number of anilines is 2. The second kappa shape index (κ2) is 8.75. The molecule has 2 aromatic carbocycles. The Morgan fingerprint density at radius 2 is 1.97 bits per heavy atom. The van der Waals surface area contributed by atoms with E-state index in [1.54, 1.807) is 19.2 Å². The summed E-state index contributed by atoms with van der Waals surface area (Å²) in [7, 11) is 1.57. The predicted octanol–water partition coefficient (Wildman–Crippen LogP) is 5.12. The zero-order valence-corrected chi connectivity index (χ0v) is 17.6. The van der Waals surface area contributed by atoms with E-state index in [0.717, 1.165) is 12.8 Å². The van der Waals surface area contributed by atoms with Crippen molar-refractivity contribution in [1.82, 2.24) is 9.97 Å². The van der Waals surface area contributed by atoms with Gasteiger partial charge in [-0.15, -0.1) is 12.4 Å². The zero-order chi connectivity index (χ0) is 19.8. The average molecular weight is 460 g/mol. The molecule has 1 aliphatic carbocycles. The molecule has 29 heavy (non-hydrogen) atoms. The summed E-state index contributed by atoms with van der Waals surface area (Å²) in [5.41, 5.74) is 6.59. The van der Waals surface area contributed by atoms with Crippen LogP contribution in [0.15, 0.2) is 30.6 Å². The van der Waals surface area contributed by atoms with Crippen molar-refractivity contribution in [2.75, 3.05) is 12.4 Å². The topological polar surface area (TPSA) is 82.3 Å². The molecule has 0 amide bonds. The van der Waals surface area contributed by atoms with E-state index in [2.05, 4.69) is 15.3 Å². The Hall–Kier alpha value is -2.06. The third kappa shape index (κ3) is 4.28. The molecule has 1 aromatic heterocycles. The molecule has 154 valence electrons. The van der Waals surface area contributed by atoms with Crippen molar-refractivity contribution >= 4 is 58.0 Å². The number of nitrogens with zero attached hydrogens (tertiary/aromatic N) is 2. The van der Waals surface area contributed by atoms with Crippen molar-refractivity contribution in [2.45, 2.75) is 25.0 Å². The van der Waals surface area contributed by atoms with Gasteiger partial charge < -0.3 is 20.5 Å². The Balaban J connectivity index is 0.00000240. The van der Waals surface area contributed by atoms with Gasteiger partial charge >= 0.3 is 0 Å². The summed E-state index contributed by atoms with van der Waals surface area (Å²) in [6.07, 6.45) is 2.90. The van der Waals surface area contributed by atoms with E-state index in [1.807, 2.05) is 0 Å². The second-order valence-electron chi connectivity index (χ2n) is 6.56. The van der Waals surface area contributed by atoms with E-state index < -0.39 is 5.82 Å². The normalized spacial score (nSPS) is 18.0. The van der Waals surface area contributed by atoms with E-state index in [4.69, 9.17) is 38.4 Å². The van der Waals surface area contributed by atoms with Crippen LogP contribution in [0.1, 0.15) is 12.8 Å². The van der Waals surface area contributed by atoms with Gasteiger partial charge in [0.15, 0.2) is 5.82 Å². The lowest BCUT2D eigenvalue weighted by Crippen LogP contribution is -2.43. The van der Waals surface area contributed by atoms with Gasteiger partial charge in [0.1, 0.15) is 29.7 Å². The molecule has 3 N–H and O–H groups in total. The van der Waals surface area contributed by atoms with E-state index in [-0.39, 0.29) is 40.3 Å². The van der Waals surface area contributed by atoms with Gasteiger partial charge in [-0.25, -0.2) is 14.4 Å². The van der Waals surface area contributed by atoms with Crippen LogP contribution in [-0.4, -0.2) is 29.2 Å². The first kappa shape index (κ1) is 21.6. The van der Waals surface area contributed by atoms with Crippen LogP contribution in [0.25, 0.3) is 10.9 Å². The number of aromatic nitrogens is 2. The molecule has 1 fully saturated rings. The van der Waals surface area contributed by atoms with E-state index in [0.29, 0.717) is 28.2 Å². The number of fused-ring (bicyclic) bond motifs is 1. The van der Waals surface area contributed by atoms with Crippen molar-refractivity contribution in [1.29, 1.82) is 0 Å². The van der Waals surface area contributed by atoms with E-state index in [1.165, 1.54) is 18.5 Å². The smallest absolute Gasteiger partial charge is 0.166 e. The standard InChI is InChI=1S/C19H17Cl2FN4O2.ClH/c1-27-10-6-14-16(15(7-10)28-11-4-9(23)5-11)19(25-8-24-14)26-13-3-2-12(20)17(21)18(13)22;/h2-3,6-9,11H,4-5,23H2,1H3,(H,24,25,26);1H. The van der Waals surface area contributed by atoms with Crippen LogP contribution >= 0.6 is 35.6 Å². The number of halogens is 4. The first-order chi connectivity index (χ1) is 13.5. The minimum atomic E-state index is -0.665. The quantitative estimate of drug-likeness (QED) is 0.515. The summed E-state index contributed by atoms with van der Waals surface area (Å²) in [5.74, 6) is 0.844. The van der Waals surface area contributed by atoms with Crippen LogP contribution in [0.5, 0.6) is 11.5 Å². The molecular weight excluding hydrogens is 442 g/mol. The highest BCUT2D eigenvalue weighted by atomic mass is 35.5. The van der Waals surface area contributed by atoms with E-state index >= 15 is 0 Å². The minimum Gasteiger partial charge on any atom is -0.497 e. The maximum absolute atomic E-state index is 14.5. The lowest BCUT2D eigenvalue weighted by molar-refractivity contribution is 0.102. The van der Waals surface area contributed by atoms with Crippen molar-refractivity contribution in [3.8, 4) is 11.5 Å². The maximum atomic E-state index is 14.5. The largest absolute Gasteiger partial charge is 0.497 e. The second-order valence-corrected chi connectivity index (χ2v) is 7.35. The van der Waals surface area contributed by atoms with Crippen molar-refractivity contribution in [3.63, 3.8) is 0 Å².